The molecule has 1 amide bonds. The van der Waals surface area contributed by atoms with Gasteiger partial charge in [0.05, 0.1) is 6.61 Å². The van der Waals surface area contributed by atoms with Gasteiger partial charge in [0.15, 0.2) is 0 Å². The van der Waals surface area contributed by atoms with Crippen LogP contribution in [0.4, 0.5) is 0 Å². The molecule has 0 aromatic carbocycles. The van der Waals surface area contributed by atoms with Crippen molar-refractivity contribution < 1.29 is 14.3 Å². The van der Waals surface area contributed by atoms with E-state index in [1.54, 1.807) is 6.92 Å². The zero-order valence-electron chi connectivity index (χ0n) is 11.8. The van der Waals surface area contributed by atoms with Gasteiger partial charge >= 0.3 is 0 Å². The number of ether oxygens (including phenoxy) is 2. The molecule has 110 valence electrons. The van der Waals surface area contributed by atoms with E-state index in [-0.39, 0.29) is 5.91 Å². The number of hydrogen-bond acceptors (Lipinski definition) is 4. The van der Waals surface area contributed by atoms with Crippen molar-refractivity contribution in [3.8, 4) is 0 Å². The molecule has 0 aromatic rings. The summed E-state index contributed by atoms with van der Waals surface area (Å²) in [6.07, 6.45) is 5.93. The first-order chi connectivity index (χ1) is 9.15. The van der Waals surface area contributed by atoms with Crippen molar-refractivity contribution in [2.24, 2.45) is 5.73 Å². The first kappa shape index (κ1) is 14.8. The van der Waals surface area contributed by atoms with Gasteiger partial charge in [0.1, 0.15) is 11.7 Å². The summed E-state index contributed by atoms with van der Waals surface area (Å²) in [5.74, 6) is -0.0229. The fraction of sp³-hybridized carbons (Fsp3) is 0.929. The normalized spacial score (nSPS) is 30.2. The third kappa shape index (κ3) is 3.91. The number of amides is 1. The minimum atomic E-state index is -0.481. The third-order valence-electron chi connectivity index (χ3n) is 4.16. The van der Waals surface area contributed by atoms with Crippen LogP contribution in [0.5, 0.6) is 0 Å². The maximum absolute atomic E-state index is 12.1. The lowest BCUT2D eigenvalue weighted by atomic mass is 9.96. The second-order valence-electron chi connectivity index (χ2n) is 5.79. The smallest absolute Gasteiger partial charge is 0.249 e. The highest BCUT2D eigenvalue weighted by Gasteiger charge is 2.36. The van der Waals surface area contributed by atoms with Gasteiger partial charge in [-0.3, -0.25) is 4.79 Å². The van der Waals surface area contributed by atoms with Crippen LogP contribution in [-0.2, 0) is 14.3 Å². The second-order valence-corrected chi connectivity index (χ2v) is 5.79. The molecule has 0 bridgehead atoms. The summed E-state index contributed by atoms with van der Waals surface area (Å²) in [7, 11) is 0. The standard InChI is InChI=1S/C14H26N2O3/c1-11(13(17)16-12-5-2-3-6-12)19-14(9-15)7-4-8-18-10-14/h11-12H,2-10,15H2,1H3,(H,16,17). The van der Waals surface area contributed by atoms with Gasteiger partial charge in [-0.25, -0.2) is 0 Å². The lowest BCUT2D eigenvalue weighted by Gasteiger charge is -2.37. The maximum Gasteiger partial charge on any atom is 0.249 e. The van der Waals surface area contributed by atoms with Crippen LogP contribution in [0.15, 0.2) is 0 Å². The van der Waals surface area contributed by atoms with Gasteiger partial charge in [-0.2, -0.15) is 0 Å². The molecular formula is C14H26N2O3. The van der Waals surface area contributed by atoms with Crippen LogP contribution in [0.25, 0.3) is 0 Å². The van der Waals surface area contributed by atoms with Gasteiger partial charge in [-0.1, -0.05) is 12.8 Å². The SMILES string of the molecule is CC(OC1(CN)CCCOC1)C(=O)NC1CCCC1. The van der Waals surface area contributed by atoms with Gasteiger partial charge in [-0.15, -0.1) is 0 Å². The van der Waals surface area contributed by atoms with Gasteiger partial charge in [0.2, 0.25) is 5.91 Å². The molecule has 1 saturated carbocycles. The van der Waals surface area contributed by atoms with Crippen LogP contribution < -0.4 is 11.1 Å². The van der Waals surface area contributed by atoms with Crippen molar-refractivity contribution in [1.82, 2.24) is 5.32 Å². The van der Waals surface area contributed by atoms with E-state index >= 15 is 0 Å². The average molecular weight is 270 g/mol. The zero-order chi connectivity index (χ0) is 13.7. The van der Waals surface area contributed by atoms with E-state index in [4.69, 9.17) is 15.2 Å². The zero-order valence-corrected chi connectivity index (χ0v) is 11.8. The van der Waals surface area contributed by atoms with E-state index in [1.807, 2.05) is 0 Å². The summed E-state index contributed by atoms with van der Waals surface area (Å²) >= 11 is 0. The highest BCUT2D eigenvalue weighted by Crippen LogP contribution is 2.24. The molecule has 1 saturated heterocycles. The van der Waals surface area contributed by atoms with Crippen molar-refractivity contribution >= 4 is 5.91 Å². The largest absolute Gasteiger partial charge is 0.378 e. The molecule has 3 N–H and O–H groups in total. The van der Waals surface area contributed by atoms with Crippen LogP contribution in [0, 0.1) is 0 Å². The number of carbonyl (C=O) groups is 1. The van der Waals surface area contributed by atoms with E-state index in [0.717, 1.165) is 32.3 Å². The van der Waals surface area contributed by atoms with E-state index in [9.17, 15) is 4.79 Å². The molecule has 1 aliphatic carbocycles. The second kappa shape index (κ2) is 6.68. The first-order valence-corrected chi connectivity index (χ1v) is 7.41. The van der Waals surface area contributed by atoms with Crippen LogP contribution in [0.3, 0.4) is 0 Å². The lowest BCUT2D eigenvalue weighted by molar-refractivity contribution is -0.165. The molecular weight excluding hydrogens is 244 g/mol. The number of nitrogens with two attached hydrogens (primary N) is 1. The Labute approximate surface area is 115 Å². The molecule has 2 rings (SSSR count). The predicted octanol–water partition coefficient (Wildman–Crippen LogP) is 0.958. The molecule has 0 aromatic heterocycles. The highest BCUT2D eigenvalue weighted by atomic mass is 16.6. The number of nitrogens with one attached hydrogen (secondary N) is 1. The molecule has 0 radical (unpaired) electrons. The highest BCUT2D eigenvalue weighted by molar-refractivity contribution is 5.80. The average Bonchev–Trinajstić information content (AvgIpc) is 2.92. The third-order valence-corrected chi connectivity index (χ3v) is 4.16. The summed E-state index contributed by atoms with van der Waals surface area (Å²) in [4.78, 5) is 12.1. The van der Waals surface area contributed by atoms with Crippen molar-refractivity contribution in [3.05, 3.63) is 0 Å². The van der Waals surface area contributed by atoms with Crippen LogP contribution in [0.2, 0.25) is 0 Å². The van der Waals surface area contributed by atoms with Gasteiger partial charge < -0.3 is 20.5 Å². The summed E-state index contributed by atoms with van der Waals surface area (Å²) in [5.41, 5.74) is 5.33. The van der Waals surface area contributed by atoms with E-state index < -0.39 is 11.7 Å². The minimum Gasteiger partial charge on any atom is -0.378 e. The van der Waals surface area contributed by atoms with Gasteiger partial charge in [0, 0.05) is 19.2 Å². The summed E-state index contributed by atoms with van der Waals surface area (Å²) in [6.45, 7) is 3.45. The number of hydrogen-bond donors (Lipinski definition) is 2. The number of rotatable bonds is 5. The molecule has 2 aliphatic rings. The molecule has 1 aliphatic heterocycles. The topological polar surface area (TPSA) is 73.6 Å². The summed E-state index contributed by atoms with van der Waals surface area (Å²) < 4.78 is 11.4. The predicted molar refractivity (Wildman–Crippen MR) is 72.8 cm³/mol. The Morgan fingerprint density at radius 3 is 2.79 bits per heavy atom. The van der Waals surface area contributed by atoms with Crippen molar-refractivity contribution in [1.29, 1.82) is 0 Å². The monoisotopic (exact) mass is 270 g/mol. The Bertz CT molecular complexity index is 297. The molecule has 5 heteroatoms. The van der Waals surface area contributed by atoms with Crippen LogP contribution >= 0.6 is 0 Å². The maximum atomic E-state index is 12.1. The lowest BCUT2D eigenvalue weighted by Crippen LogP contribution is -2.52. The first-order valence-electron chi connectivity index (χ1n) is 7.41. The number of carbonyl (C=O) groups excluding carboxylic acids is 1. The Morgan fingerprint density at radius 1 is 1.47 bits per heavy atom. The van der Waals surface area contributed by atoms with Crippen molar-refractivity contribution in [2.45, 2.75) is 63.2 Å². The van der Waals surface area contributed by atoms with E-state index in [0.29, 0.717) is 19.2 Å². The molecule has 2 atom stereocenters. The van der Waals surface area contributed by atoms with Crippen LogP contribution in [-0.4, -0.2) is 43.4 Å². The molecule has 1 heterocycles. The molecule has 5 nitrogen and oxygen atoms in total. The molecule has 19 heavy (non-hydrogen) atoms. The van der Waals surface area contributed by atoms with Crippen molar-refractivity contribution in [3.63, 3.8) is 0 Å². The fourth-order valence-corrected chi connectivity index (χ4v) is 2.95. The summed E-state index contributed by atoms with van der Waals surface area (Å²) in [5, 5.41) is 3.06. The van der Waals surface area contributed by atoms with E-state index in [2.05, 4.69) is 5.32 Å². The molecule has 2 unspecified atom stereocenters. The van der Waals surface area contributed by atoms with Crippen molar-refractivity contribution in [2.75, 3.05) is 19.8 Å². The molecule has 0 spiro atoms. The minimum absolute atomic E-state index is 0.0229. The Hall–Kier alpha value is -0.650. The Morgan fingerprint density at radius 2 is 2.21 bits per heavy atom. The fourth-order valence-electron chi connectivity index (χ4n) is 2.95. The van der Waals surface area contributed by atoms with Crippen LogP contribution in [0.1, 0.15) is 45.4 Å². The Balaban J connectivity index is 1.83. The summed E-state index contributed by atoms with van der Waals surface area (Å²) in [6, 6.07) is 0.329. The Kier molecular flexibility index (Phi) is 5.19. The van der Waals surface area contributed by atoms with E-state index in [1.165, 1.54) is 12.8 Å². The molecule has 2 fully saturated rings. The van der Waals surface area contributed by atoms with Gasteiger partial charge in [-0.05, 0) is 32.6 Å². The van der Waals surface area contributed by atoms with Gasteiger partial charge in [0.25, 0.3) is 0 Å². The quantitative estimate of drug-likeness (QED) is 0.780.